The van der Waals surface area contributed by atoms with Gasteiger partial charge in [0.15, 0.2) is 0 Å². The number of hydrogen-bond donors (Lipinski definition) is 0. The molecule has 11 heavy (non-hydrogen) atoms. The van der Waals surface area contributed by atoms with Crippen LogP contribution in [0.3, 0.4) is 0 Å². The summed E-state index contributed by atoms with van der Waals surface area (Å²) in [6.45, 7) is 6.45. The molecule has 0 aromatic carbocycles. The zero-order valence-electron chi connectivity index (χ0n) is 7.55. The molecule has 0 bridgehead atoms. The second kappa shape index (κ2) is 3.21. The number of rotatable bonds is 1. The summed E-state index contributed by atoms with van der Waals surface area (Å²) in [6.07, 6.45) is 3.39. The van der Waals surface area contributed by atoms with E-state index in [1.54, 1.807) is 0 Å². The van der Waals surface area contributed by atoms with Crippen molar-refractivity contribution >= 4 is 6.29 Å². The number of carbonyl (C=O) groups excluding carboxylic acids is 1. The van der Waals surface area contributed by atoms with Crippen molar-refractivity contribution in [2.24, 2.45) is 11.8 Å². The molecule has 0 saturated carbocycles. The van der Waals surface area contributed by atoms with Gasteiger partial charge in [-0.25, -0.2) is 0 Å². The van der Waals surface area contributed by atoms with Gasteiger partial charge in [-0.15, -0.1) is 0 Å². The predicted molar refractivity (Wildman–Crippen MR) is 46.3 cm³/mol. The van der Waals surface area contributed by atoms with E-state index < -0.39 is 0 Å². The molecule has 0 heterocycles. The fourth-order valence-corrected chi connectivity index (χ4v) is 1.74. The predicted octanol–water partition coefficient (Wildman–Crippen LogP) is 2.57. The Morgan fingerprint density at radius 1 is 1.45 bits per heavy atom. The minimum atomic E-state index is 0.473. The maximum absolute atomic E-state index is 10.7. The van der Waals surface area contributed by atoms with Crippen LogP contribution >= 0.6 is 0 Å². The van der Waals surface area contributed by atoms with Crippen molar-refractivity contribution < 1.29 is 4.79 Å². The van der Waals surface area contributed by atoms with Crippen molar-refractivity contribution in [3.8, 4) is 0 Å². The minimum Gasteiger partial charge on any atom is -0.298 e. The average Bonchev–Trinajstić information content (AvgIpc) is 1.99. The summed E-state index contributed by atoms with van der Waals surface area (Å²) in [6, 6.07) is 0. The molecular weight excluding hydrogens is 136 g/mol. The third-order valence-corrected chi connectivity index (χ3v) is 2.94. The molecule has 62 valence electrons. The molecule has 0 fully saturated rings. The average molecular weight is 152 g/mol. The first-order chi connectivity index (χ1) is 5.16. The Kier molecular flexibility index (Phi) is 2.48. The molecule has 1 heteroatoms. The summed E-state index contributed by atoms with van der Waals surface area (Å²) in [4.78, 5) is 10.7. The van der Waals surface area contributed by atoms with Crippen molar-refractivity contribution in [1.29, 1.82) is 0 Å². The molecule has 0 aromatic heterocycles. The summed E-state index contributed by atoms with van der Waals surface area (Å²) >= 11 is 0. The van der Waals surface area contributed by atoms with Gasteiger partial charge >= 0.3 is 0 Å². The summed E-state index contributed by atoms with van der Waals surface area (Å²) < 4.78 is 0. The van der Waals surface area contributed by atoms with E-state index in [1.165, 1.54) is 12.0 Å². The molecule has 0 spiro atoms. The second-order valence-corrected chi connectivity index (χ2v) is 3.66. The van der Waals surface area contributed by atoms with Crippen LogP contribution in [0.15, 0.2) is 11.1 Å². The molecule has 2 atom stereocenters. The highest BCUT2D eigenvalue weighted by atomic mass is 16.1. The van der Waals surface area contributed by atoms with Crippen LogP contribution in [0.4, 0.5) is 0 Å². The van der Waals surface area contributed by atoms with Crippen LogP contribution in [0.2, 0.25) is 0 Å². The molecule has 1 rings (SSSR count). The van der Waals surface area contributed by atoms with E-state index in [2.05, 4.69) is 20.8 Å². The minimum absolute atomic E-state index is 0.473. The molecule has 1 nitrogen and oxygen atoms in total. The molecule has 0 amide bonds. The monoisotopic (exact) mass is 152 g/mol. The first kappa shape index (κ1) is 8.51. The normalized spacial score (nSPS) is 32.3. The standard InChI is InChI=1S/C10H16O/c1-7-4-5-8(2)10(6-11)9(7)3/h6-7,9H,4-5H2,1-3H3/t7-,9+/m1/s1. The molecule has 0 radical (unpaired) electrons. The Morgan fingerprint density at radius 3 is 2.55 bits per heavy atom. The van der Waals surface area contributed by atoms with Crippen LogP contribution in [0.25, 0.3) is 0 Å². The maximum atomic E-state index is 10.7. The van der Waals surface area contributed by atoms with E-state index >= 15 is 0 Å². The van der Waals surface area contributed by atoms with Crippen molar-refractivity contribution in [2.45, 2.75) is 33.6 Å². The summed E-state index contributed by atoms with van der Waals surface area (Å²) in [5.74, 6) is 1.15. The molecule has 0 N–H and O–H groups in total. The van der Waals surface area contributed by atoms with Gasteiger partial charge in [-0.2, -0.15) is 0 Å². The summed E-state index contributed by atoms with van der Waals surface area (Å²) in [5, 5.41) is 0. The van der Waals surface area contributed by atoms with E-state index in [0.29, 0.717) is 11.8 Å². The van der Waals surface area contributed by atoms with Crippen LogP contribution in [0, 0.1) is 11.8 Å². The van der Waals surface area contributed by atoms with E-state index in [4.69, 9.17) is 0 Å². The molecule has 0 aliphatic heterocycles. The molecular formula is C10H16O. The van der Waals surface area contributed by atoms with Gasteiger partial charge in [0.1, 0.15) is 6.29 Å². The van der Waals surface area contributed by atoms with Gasteiger partial charge in [0, 0.05) is 0 Å². The van der Waals surface area contributed by atoms with Gasteiger partial charge in [-0.05, 0) is 37.2 Å². The third-order valence-electron chi connectivity index (χ3n) is 2.94. The Bertz CT molecular complexity index is 191. The van der Waals surface area contributed by atoms with E-state index in [1.807, 2.05) is 0 Å². The second-order valence-electron chi connectivity index (χ2n) is 3.66. The zero-order chi connectivity index (χ0) is 8.43. The van der Waals surface area contributed by atoms with Gasteiger partial charge in [0.25, 0.3) is 0 Å². The number of allylic oxidation sites excluding steroid dienone is 2. The Hall–Kier alpha value is -0.590. The Morgan fingerprint density at radius 2 is 2.09 bits per heavy atom. The largest absolute Gasteiger partial charge is 0.298 e. The fraction of sp³-hybridized carbons (Fsp3) is 0.700. The number of aldehydes is 1. The van der Waals surface area contributed by atoms with E-state index in [-0.39, 0.29) is 0 Å². The van der Waals surface area contributed by atoms with Crippen LogP contribution in [-0.2, 0) is 4.79 Å². The molecule has 1 aliphatic carbocycles. The van der Waals surface area contributed by atoms with Crippen LogP contribution < -0.4 is 0 Å². The lowest BCUT2D eigenvalue weighted by atomic mass is 9.78. The van der Waals surface area contributed by atoms with Crippen LogP contribution in [0.5, 0.6) is 0 Å². The Labute approximate surface area is 68.5 Å². The lowest BCUT2D eigenvalue weighted by Crippen LogP contribution is -2.17. The first-order valence-corrected chi connectivity index (χ1v) is 4.31. The smallest absolute Gasteiger partial charge is 0.146 e. The molecule has 0 unspecified atom stereocenters. The van der Waals surface area contributed by atoms with Gasteiger partial charge in [-0.1, -0.05) is 19.4 Å². The van der Waals surface area contributed by atoms with Crippen molar-refractivity contribution in [2.75, 3.05) is 0 Å². The van der Waals surface area contributed by atoms with Crippen molar-refractivity contribution in [3.63, 3.8) is 0 Å². The van der Waals surface area contributed by atoms with Crippen molar-refractivity contribution in [1.82, 2.24) is 0 Å². The highest BCUT2D eigenvalue weighted by molar-refractivity contribution is 5.75. The highest BCUT2D eigenvalue weighted by Gasteiger charge is 2.22. The van der Waals surface area contributed by atoms with E-state index in [0.717, 1.165) is 18.3 Å². The zero-order valence-corrected chi connectivity index (χ0v) is 7.55. The SMILES string of the molecule is CC1=C(C=O)[C@@H](C)[C@H](C)CC1. The third kappa shape index (κ3) is 1.52. The molecule has 0 aromatic rings. The van der Waals surface area contributed by atoms with Crippen LogP contribution in [0.1, 0.15) is 33.6 Å². The molecule has 1 aliphatic rings. The van der Waals surface area contributed by atoms with Gasteiger partial charge < -0.3 is 0 Å². The lowest BCUT2D eigenvalue weighted by Gasteiger charge is -2.27. The van der Waals surface area contributed by atoms with Gasteiger partial charge in [-0.3, -0.25) is 4.79 Å². The highest BCUT2D eigenvalue weighted by Crippen LogP contribution is 2.32. The summed E-state index contributed by atoms with van der Waals surface area (Å²) in [5.41, 5.74) is 2.34. The Balaban J connectivity index is 2.88. The first-order valence-electron chi connectivity index (χ1n) is 4.31. The quantitative estimate of drug-likeness (QED) is 0.528. The number of hydrogen-bond acceptors (Lipinski definition) is 1. The van der Waals surface area contributed by atoms with Gasteiger partial charge in [0.05, 0.1) is 0 Å². The summed E-state index contributed by atoms with van der Waals surface area (Å²) in [7, 11) is 0. The van der Waals surface area contributed by atoms with E-state index in [9.17, 15) is 4.79 Å². The van der Waals surface area contributed by atoms with Crippen molar-refractivity contribution in [3.05, 3.63) is 11.1 Å². The van der Waals surface area contributed by atoms with Crippen LogP contribution in [-0.4, -0.2) is 6.29 Å². The molecule has 0 saturated heterocycles. The lowest BCUT2D eigenvalue weighted by molar-refractivity contribution is -0.105. The fourth-order valence-electron chi connectivity index (χ4n) is 1.74. The topological polar surface area (TPSA) is 17.1 Å². The van der Waals surface area contributed by atoms with Gasteiger partial charge in [0.2, 0.25) is 0 Å². The maximum Gasteiger partial charge on any atom is 0.146 e. The number of carbonyl (C=O) groups is 1.